The van der Waals surface area contributed by atoms with Crippen molar-refractivity contribution in [2.75, 3.05) is 14.2 Å². The quantitative estimate of drug-likeness (QED) is 0.368. The molecule has 1 atom stereocenters. The van der Waals surface area contributed by atoms with Crippen LogP contribution in [0.5, 0.6) is 11.5 Å². The molecule has 6 heteroatoms. The van der Waals surface area contributed by atoms with E-state index in [9.17, 15) is 14.2 Å². The molecule has 1 fully saturated rings. The molecule has 0 radical (unpaired) electrons. The summed E-state index contributed by atoms with van der Waals surface area (Å²) in [6.45, 7) is 12.0. The van der Waals surface area contributed by atoms with Crippen molar-refractivity contribution in [3.8, 4) is 11.5 Å². The van der Waals surface area contributed by atoms with Gasteiger partial charge < -0.3 is 14.0 Å². The summed E-state index contributed by atoms with van der Waals surface area (Å²) in [7, 11) is -1.12. The molecule has 0 aromatic heterocycles. The van der Waals surface area contributed by atoms with Gasteiger partial charge in [0.1, 0.15) is 17.1 Å². The first-order valence-corrected chi connectivity index (χ1v) is 14.2. The highest BCUT2D eigenvalue weighted by Gasteiger charge is 2.50. The van der Waals surface area contributed by atoms with Gasteiger partial charge in [-0.3, -0.25) is 9.59 Å². The number of aryl methyl sites for hydroxylation is 3. The Morgan fingerprint density at radius 3 is 1.69 bits per heavy atom. The van der Waals surface area contributed by atoms with Crippen LogP contribution in [-0.2, 0) is 9.98 Å². The monoisotopic (exact) mass is 498 g/mol. The first-order valence-electron chi connectivity index (χ1n) is 12.4. The highest BCUT2D eigenvalue weighted by molar-refractivity contribution is 7.96. The standard InChI is InChI=1S/C29H39O5P/c1-18-14-23(33-7)26(24(15-18)34-8)28(31)35(32,22-12-10-9-11-13-22)27(30)25-19(2)16-21(17-20(25)3)29(4,5)6/h14-17,22H,9-13H2,1-8H3. The molecule has 0 saturated heterocycles. The lowest BCUT2D eigenvalue weighted by atomic mass is 9.84. The smallest absolute Gasteiger partial charge is 0.236 e. The molecule has 3 rings (SSSR count). The number of ether oxygens (including phenoxy) is 2. The van der Waals surface area contributed by atoms with Gasteiger partial charge in [0.25, 0.3) is 0 Å². The predicted molar refractivity (Wildman–Crippen MR) is 142 cm³/mol. The third-order valence-corrected chi connectivity index (χ3v) is 10.4. The Bertz CT molecular complexity index is 1130. The van der Waals surface area contributed by atoms with Gasteiger partial charge in [-0.05, 0) is 73.4 Å². The summed E-state index contributed by atoms with van der Waals surface area (Å²) in [5.74, 6) is 0.569. The zero-order valence-corrected chi connectivity index (χ0v) is 23.3. The first-order chi connectivity index (χ1) is 16.4. The molecule has 0 amide bonds. The molecular formula is C29H39O5P. The molecule has 2 aromatic carbocycles. The highest BCUT2D eigenvalue weighted by atomic mass is 31.2. The fourth-order valence-electron chi connectivity index (χ4n) is 5.19. The average molecular weight is 499 g/mol. The van der Waals surface area contributed by atoms with Gasteiger partial charge in [0.2, 0.25) is 18.2 Å². The second-order valence-corrected chi connectivity index (χ2v) is 13.7. The predicted octanol–water partition coefficient (Wildman–Crippen LogP) is 7.60. The van der Waals surface area contributed by atoms with Gasteiger partial charge in [0, 0.05) is 11.2 Å². The zero-order chi connectivity index (χ0) is 26.1. The second-order valence-electron chi connectivity index (χ2n) is 10.8. The SMILES string of the molecule is COc1cc(C)cc(OC)c1C(=O)P(=O)(C(=O)c1c(C)cc(C(C)(C)C)cc1C)C1CCCCC1. The van der Waals surface area contributed by atoms with Crippen molar-refractivity contribution in [1.29, 1.82) is 0 Å². The van der Waals surface area contributed by atoms with E-state index in [1.165, 1.54) is 14.2 Å². The van der Waals surface area contributed by atoms with E-state index >= 15 is 0 Å². The lowest BCUT2D eigenvalue weighted by Crippen LogP contribution is -2.25. The van der Waals surface area contributed by atoms with E-state index in [0.29, 0.717) is 18.4 Å². The Kier molecular flexibility index (Phi) is 8.01. The van der Waals surface area contributed by atoms with Crippen molar-refractivity contribution in [2.45, 2.75) is 84.7 Å². The zero-order valence-electron chi connectivity index (χ0n) is 22.4. The van der Waals surface area contributed by atoms with Gasteiger partial charge in [0.05, 0.1) is 14.2 Å². The molecule has 0 heterocycles. The van der Waals surface area contributed by atoms with Crippen LogP contribution < -0.4 is 9.47 Å². The van der Waals surface area contributed by atoms with E-state index in [-0.39, 0.29) is 22.5 Å². The van der Waals surface area contributed by atoms with Crippen LogP contribution in [0, 0.1) is 20.8 Å². The number of benzene rings is 2. The van der Waals surface area contributed by atoms with Gasteiger partial charge in [-0.2, -0.15) is 0 Å². The van der Waals surface area contributed by atoms with Crippen LogP contribution in [0.25, 0.3) is 0 Å². The number of carbonyl (C=O) groups is 2. The number of rotatable bonds is 7. The van der Waals surface area contributed by atoms with Crippen LogP contribution >= 0.6 is 7.14 Å². The molecule has 2 aromatic rings. The van der Waals surface area contributed by atoms with Gasteiger partial charge >= 0.3 is 0 Å². The molecule has 0 N–H and O–H groups in total. The minimum Gasteiger partial charge on any atom is -0.496 e. The van der Waals surface area contributed by atoms with E-state index in [1.807, 2.05) is 32.9 Å². The molecule has 35 heavy (non-hydrogen) atoms. The fraction of sp³-hybridized carbons (Fsp3) is 0.517. The summed E-state index contributed by atoms with van der Waals surface area (Å²) in [6, 6.07) is 7.42. The van der Waals surface area contributed by atoms with Crippen LogP contribution in [0.4, 0.5) is 0 Å². The molecule has 190 valence electrons. The van der Waals surface area contributed by atoms with Crippen molar-refractivity contribution in [1.82, 2.24) is 0 Å². The summed E-state index contributed by atoms with van der Waals surface area (Å²) < 4.78 is 26.0. The largest absolute Gasteiger partial charge is 0.496 e. The maximum absolute atomic E-state index is 15.0. The molecule has 1 aliphatic rings. The minimum absolute atomic E-state index is 0.0946. The lowest BCUT2D eigenvalue weighted by molar-refractivity contribution is 0.103. The van der Waals surface area contributed by atoms with E-state index in [1.54, 1.807) is 12.1 Å². The van der Waals surface area contributed by atoms with Crippen LogP contribution in [-0.4, -0.2) is 30.9 Å². The summed E-state index contributed by atoms with van der Waals surface area (Å²) in [6.07, 6.45) is 3.94. The first kappa shape index (κ1) is 27.2. The number of carbonyl (C=O) groups excluding carboxylic acids is 2. The van der Waals surface area contributed by atoms with Crippen LogP contribution in [0.1, 0.15) is 95.8 Å². The van der Waals surface area contributed by atoms with Crippen molar-refractivity contribution >= 4 is 18.2 Å². The Hall–Kier alpha value is -2.39. The summed E-state index contributed by atoms with van der Waals surface area (Å²) in [5.41, 5.74) is 2.21. The summed E-state index contributed by atoms with van der Waals surface area (Å²) in [5, 5.41) is 0. The number of hydrogen-bond acceptors (Lipinski definition) is 5. The van der Waals surface area contributed by atoms with Crippen LogP contribution in [0.2, 0.25) is 0 Å². The van der Waals surface area contributed by atoms with Crippen LogP contribution in [0.15, 0.2) is 24.3 Å². The van der Waals surface area contributed by atoms with Crippen molar-refractivity contribution < 1.29 is 23.6 Å². The normalized spacial score (nSPS) is 16.5. The van der Waals surface area contributed by atoms with Gasteiger partial charge in [-0.1, -0.05) is 52.2 Å². The molecule has 1 unspecified atom stereocenters. The van der Waals surface area contributed by atoms with E-state index in [0.717, 1.165) is 41.5 Å². The second kappa shape index (κ2) is 10.3. The van der Waals surface area contributed by atoms with E-state index in [4.69, 9.17) is 9.47 Å². The third-order valence-electron chi connectivity index (χ3n) is 7.17. The molecule has 0 bridgehead atoms. The Morgan fingerprint density at radius 1 is 0.800 bits per heavy atom. The Balaban J connectivity index is 2.25. The van der Waals surface area contributed by atoms with E-state index < -0.39 is 23.8 Å². The lowest BCUT2D eigenvalue weighted by Gasteiger charge is -2.30. The molecule has 1 saturated carbocycles. The highest BCUT2D eigenvalue weighted by Crippen LogP contribution is 2.62. The Labute approximate surface area is 210 Å². The molecule has 0 spiro atoms. The average Bonchev–Trinajstić information content (AvgIpc) is 2.81. The maximum atomic E-state index is 15.0. The maximum Gasteiger partial charge on any atom is 0.236 e. The van der Waals surface area contributed by atoms with Crippen molar-refractivity contribution in [2.24, 2.45) is 0 Å². The van der Waals surface area contributed by atoms with Gasteiger partial charge in [0.15, 0.2) is 0 Å². The van der Waals surface area contributed by atoms with E-state index in [2.05, 4.69) is 20.8 Å². The molecule has 5 nitrogen and oxygen atoms in total. The van der Waals surface area contributed by atoms with Crippen LogP contribution in [0.3, 0.4) is 0 Å². The number of hydrogen-bond donors (Lipinski definition) is 0. The summed E-state index contributed by atoms with van der Waals surface area (Å²) in [4.78, 5) is 28.5. The molecular weight excluding hydrogens is 459 g/mol. The van der Waals surface area contributed by atoms with Crippen molar-refractivity contribution in [3.05, 3.63) is 57.6 Å². The van der Waals surface area contributed by atoms with Gasteiger partial charge in [-0.25, -0.2) is 0 Å². The minimum atomic E-state index is -4.06. The molecule has 0 aliphatic heterocycles. The Morgan fingerprint density at radius 2 is 1.26 bits per heavy atom. The fourth-order valence-corrected chi connectivity index (χ4v) is 8.37. The topological polar surface area (TPSA) is 69.7 Å². The number of methoxy groups -OCH3 is 2. The van der Waals surface area contributed by atoms with Gasteiger partial charge in [-0.15, -0.1) is 0 Å². The summed E-state index contributed by atoms with van der Waals surface area (Å²) >= 11 is 0. The molecule has 1 aliphatic carbocycles. The third kappa shape index (κ3) is 5.11. The van der Waals surface area contributed by atoms with Crippen molar-refractivity contribution in [3.63, 3.8) is 0 Å².